The third-order valence-corrected chi connectivity index (χ3v) is 5.75. The molecule has 21 heavy (non-hydrogen) atoms. The lowest BCUT2D eigenvalue weighted by Gasteiger charge is -2.26. The molecule has 0 heterocycles. The molecular weight excluding hydrogens is 297 g/mol. The molecule has 1 unspecified atom stereocenters. The average molecular weight is 315 g/mol. The van der Waals surface area contributed by atoms with Crippen LogP contribution in [0.4, 0.5) is 4.39 Å². The van der Waals surface area contributed by atoms with Crippen LogP contribution >= 0.6 is 0 Å². The molecule has 0 aliphatic heterocycles. The van der Waals surface area contributed by atoms with Crippen molar-refractivity contribution >= 4 is 16.0 Å². The van der Waals surface area contributed by atoms with Crippen molar-refractivity contribution in [1.29, 1.82) is 0 Å². The highest BCUT2D eigenvalue weighted by Crippen LogP contribution is 2.40. The Hall–Kier alpha value is -1.47. The van der Waals surface area contributed by atoms with Gasteiger partial charge in [-0.3, -0.25) is 4.79 Å². The SMILES string of the molecule is Cc1cc(F)cc(C)c1S(=O)(=O)NC(C)(C(=O)O)C1CC1. The van der Waals surface area contributed by atoms with E-state index in [1.165, 1.54) is 20.8 Å². The van der Waals surface area contributed by atoms with Crippen molar-refractivity contribution in [2.75, 3.05) is 0 Å². The largest absolute Gasteiger partial charge is 0.480 e. The Kier molecular flexibility index (Phi) is 3.84. The molecule has 1 aromatic carbocycles. The predicted molar refractivity (Wildman–Crippen MR) is 75.0 cm³/mol. The summed E-state index contributed by atoms with van der Waals surface area (Å²) in [5, 5.41) is 9.35. The van der Waals surface area contributed by atoms with E-state index in [-0.39, 0.29) is 21.9 Å². The summed E-state index contributed by atoms with van der Waals surface area (Å²) in [7, 11) is -4.04. The number of sulfonamides is 1. The first-order valence-electron chi connectivity index (χ1n) is 6.62. The molecule has 1 aliphatic carbocycles. The molecule has 0 bridgehead atoms. The van der Waals surface area contributed by atoms with Crippen molar-refractivity contribution in [1.82, 2.24) is 4.72 Å². The minimum Gasteiger partial charge on any atom is -0.480 e. The Labute approximate surface area is 123 Å². The van der Waals surface area contributed by atoms with Crippen molar-refractivity contribution in [2.24, 2.45) is 5.92 Å². The van der Waals surface area contributed by atoms with E-state index in [1.807, 2.05) is 0 Å². The van der Waals surface area contributed by atoms with Crippen molar-refractivity contribution in [3.63, 3.8) is 0 Å². The summed E-state index contributed by atoms with van der Waals surface area (Å²) in [6, 6.07) is 2.24. The van der Waals surface area contributed by atoms with Crippen molar-refractivity contribution < 1.29 is 22.7 Å². The van der Waals surface area contributed by atoms with Crippen molar-refractivity contribution in [3.05, 3.63) is 29.1 Å². The molecule has 1 aliphatic rings. The quantitative estimate of drug-likeness (QED) is 0.870. The van der Waals surface area contributed by atoms with Gasteiger partial charge in [-0.1, -0.05) is 0 Å². The summed E-state index contributed by atoms with van der Waals surface area (Å²) in [4.78, 5) is 11.4. The fourth-order valence-corrected chi connectivity index (χ4v) is 4.49. The molecule has 5 nitrogen and oxygen atoms in total. The van der Waals surface area contributed by atoms with Gasteiger partial charge in [0, 0.05) is 0 Å². The third kappa shape index (κ3) is 2.94. The van der Waals surface area contributed by atoms with Crippen LogP contribution in [-0.2, 0) is 14.8 Å². The highest BCUT2D eigenvalue weighted by Gasteiger charge is 2.50. The van der Waals surface area contributed by atoms with Gasteiger partial charge in [0.1, 0.15) is 11.4 Å². The number of aryl methyl sites for hydroxylation is 2. The Bertz CT molecular complexity index is 674. The molecule has 0 saturated heterocycles. The molecule has 2 N–H and O–H groups in total. The maximum Gasteiger partial charge on any atom is 0.324 e. The summed E-state index contributed by atoms with van der Waals surface area (Å²) < 4.78 is 40.7. The zero-order valence-electron chi connectivity index (χ0n) is 12.1. The van der Waals surface area contributed by atoms with Crippen molar-refractivity contribution in [3.8, 4) is 0 Å². The lowest BCUT2D eigenvalue weighted by molar-refractivity contribution is -0.144. The number of carboxylic acid groups (broad SMARTS) is 1. The van der Waals surface area contributed by atoms with Crippen LogP contribution in [0.25, 0.3) is 0 Å². The Morgan fingerprint density at radius 3 is 2.19 bits per heavy atom. The minimum atomic E-state index is -4.04. The van der Waals surface area contributed by atoms with Gasteiger partial charge in [0.2, 0.25) is 10.0 Å². The fourth-order valence-electron chi connectivity index (χ4n) is 2.61. The van der Waals surface area contributed by atoms with Gasteiger partial charge in [0.05, 0.1) is 4.90 Å². The second-order valence-electron chi connectivity index (χ2n) is 5.76. The first-order chi connectivity index (χ1) is 9.58. The van der Waals surface area contributed by atoms with Gasteiger partial charge >= 0.3 is 5.97 Å². The summed E-state index contributed by atoms with van der Waals surface area (Å²) in [6.07, 6.45) is 1.35. The maximum atomic E-state index is 13.3. The van der Waals surface area contributed by atoms with Crippen LogP contribution in [0.5, 0.6) is 0 Å². The van der Waals surface area contributed by atoms with Gasteiger partial charge in [0.15, 0.2) is 0 Å². The van der Waals surface area contributed by atoms with E-state index in [0.717, 1.165) is 12.1 Å². The first kappa shape index (κ1) is 15.9. The topological polar surface area (TPSA) is 83.5 Å². The number of nitrogens with one attached hydrogen (secondary N) is 1. The Morgan fingerprint density at radius 1 is 1.33 bits per heavy atom. The van der Waals surface area contributed by atoms with E-state index in [1.54, 1.807) is 0 Å². The predicted octanol–water partition coefficient (Wildman–Crippen LogP) is 1.97. The fraction of sp³-hybridized carbons (Fsp3) is 0.500. The van der Waals surface area contributed by atoms with Gasteiger partial charge in [-0.2, -0.15) is 4.72 Å². The van der Waals surface area contributed by atoms with Crippen LogP contribution in [0, 0.1) is 25.6 Å². The Balaban J connectivity index is 2.46. The molecule has 7 heteroatoms. The van der Waals surface area contributed by atoms with Gasteiger partial charge in [-0.05, 0) is 62.8 Å². The summed E-state index contributed by atoms with van der Waals surface area (Å²) in [6.45, 7) is 4.35. The molecule has 0 radical (unpaired) electrons. The van der Waals surface area contributed by atoms with Gasteiger partial charge in [-0.15, -0.1) is 0 Å². The van der Waals surface area contributed by atoms with Gasteiger partial charge < -0.3 is 5.11 Å². The highest BCUT2D eigenvalue weighted by molar-refractivity contribution is 7.89. The zero-order chi connectivity index (χ0) is 16.0. The second kappa shape index (κ2) is 5.06. The average Bonchev–Trinajstić information content (AvgIpc) is 3.08. The lowest BCUT2D eigenvalue weighted by Crippen LogP contribution is -2.54. The standard InChI is InChI=1S/C14H18FNO4S/c1-8-6-11(15)7-9(2)12(8)21(19,20)16-14(3,13(17)18)10-4-5-10/h6-7,10,16H,4-5H2,1-3H3,(H,17,18). The molecule has 1 fully saturated rings. The Morgan fingerprint density at radius 2 is 1.81 bits per heavy atom. The van der Waals surface area contributed by atoms with Gasteiger partial charge in [-0.25, -0.2) is 12.8 Å². The number of hydrogen-bond donors (Lipinski definition) is 2. The maximum absolute atomic E-state index is 13.3. The third-order valence-electron chi connectivity index (χ3n) is 3.88. The molecule has 1 saturated carbocycles. The molecule has 0 aromatic heterocycles. The number of rotatable bonds is 5. The van der Waals surface area contributed by atoms with Crippen LogP contribution < -0.4 is 4.72 Å². The molecule has 1 aromatic rings. The second-order valence-corrected chi connectivity index (χ2v) is 7.38. The van der Waals surface area contributed by atoms with E-state index >= 15 is 0 Å². The highest BCUT2D eigenvalue weighted by atomic mass is 32.2. The summed E-state index contributed by atoms with van der Waals surface area (Å²) in [5.41, 5.74) is -1.03. The number of benzene rings is 1. The van der Waals surface area contributed by atoms with Crippen molar-refractivity contribution in [2.45, 2.75) is 44.0 Å². The molecule has 116 valence electrons. The smallest absolute Gasteiger partial charge is 0.324 e. The van der Waals surface area contributed by atoms with Crippen LogP contribution in [0.3, 0.4) is 0 Å². The van der Waals surface area contributed by atoms with E-state index in [4.69, 9.17) is 0 Å². The molecule has 0 amide bonds. The van der Waals surface area contributed by atoms with Crippen LogP contribution in [-0.4, -0.2) is 25.0 Å². The molecule has 2 rings (SSSR count). The number of hydrogen-bond acceptors (Lipinski definition) is 3. The van der Waals surface area contributed by atoms with E-state index in [2.05, 4.69) is 4.72 Å². The molecular formula is C14H18FNO4S. The minimum absolute atomic E-state index is 0.0583. The van der Waals surface area contributed by atoms with E-state index < -0.39 is 27.3 Å². The number of aliphatic carboxylic acids is 1. The number of carbonyl (C=O) groups is 1. The summed E-state index contributed by atoms with van der Waals surface area (Å²) in [5.74, 6) is -1.94. The summed E-state index contributed by atoms with van der Waals surface area (Å²) >= 11 is 0. The van der Waals surface area contributed by atoms with E-state index in [0.29, 0.717) is 12.8 Å². The van der Waals surface area contributed by atoms with Crippen LogP contribution in [0.2, 0.25) is 0 Å². The zero-order valence-corrected chi connectivity index (χ0v) is 12.9. The monoisotopic (exact) mass is 315 g/mol. The molecule has 0 spiro atoms. The van der Waals surface area contributed by atoms with Crippen LogP contribution in [0.1, 0.15) is 30.9 Å². The number of halogens is 1. The first-order valence-corrected chi connectivity index (χ1v) is 8.10. The normalized spacial score (nSPS) is 18.3. The van der Waals surface area contributed by atoms with E-state index in [9.17, 15) is 22.7 Å². The van der Waals surface area contributed by atoms with Crippen LogP contribution in [0.15, 0.2) is 17.0 Å². The number of carboxylic acids is 1. The van der Waals surface area contributed by atoms with Gasteiger partial charge in [0.25, 0.3) is 0 Å². The molecule has 1 atom stereocenters. The lowest BCUT2D eigenvalue weighted by atomic mass is 9.98.